The Balaban J connectivity index is 2.20. The third-order valence-corrected chi connectivity index (χ3v) is 4.30. The molecule has 1 aromatic carbocycles. The maximum atomic E-state index is 6.67. The molecule has 0 spiro atoms. The van der Waals surface area contributed by atoms with Crippen LogP contribution in [-0.2, 0) is 11.2 Å². The second-order valence-electron chi connectivity index (χ2n) is 7.39. The topological polar surface area (TPSA) is 35.2 Å². The highest BCUT2D eigenvalue weighted by atomic mass is 16.5. The van der Waals surface area contributed by atoms with E-state index in [9.17, 15) is 0 Å². The van der Waals surface area contributed by atoms with E-state index in [0.717, 1.165) is 12.8 Å². The van der Waals surface area contributed by atoms with Crippen LogP contribution in [0.15, 0.2) is 30.3 Å². The standard InChI is InChI=1S/C17H27NO/c1-15(2)12-14(16(3,4)19-15)17(5,18)11-13-9-7-6-8-10-13/h6-10,14H,11-12,18H2,1-5H3. The zero-order chi connectivity index (χ0) is 14.3. The van der Waals surface area contributed by atoms with Gasteiger partial charge in [-0.25, -0.2) is 0 Å². The van der Waals surface area contributed by atoms with Crippen molar-refractivity contribution < 1.29 is 4.74 Å². The van der Waals surface area contributed by atoms with Crippen LogP contribution in [0.1, 0.15) is 46.6 Å². The molecule has 2 heteroatoms. The average molecular weight is 261 g/mol. The fourth-order valence-electron chi connectivity index (χ4n) is 3.75. The first-order chi connectivity index (χ1) is 8.62. The summed E-state index contributed by atoms with van der Waals surface area (Å²) < 4.78 is 6.19. The molecule has 1 fully saturated rings. The molecule has 0 radical (unpaired) electrons. The molecular weight excluding hydrogens is 234 g/mol. The molecule has 0 saturated carbocycles. The molecule has 106 valence electrons. The van der Waals surface area contributed by atoms with Crippen LogP contribution in [0.25, 0.3) is 0 Å². The lowest BCUT2D eigenvalue weighted by Crippen LogP contribution is -2.52. The minimum atomic E-state index is -0.251. The molecule has 0 bridgehead atoms. The highest BCUT2D eigenvalue weighted by molar-refractivity contribution is 5.19. The Labute approximate surface area is 117 Å². The van der Waals surface area contributed by atoms with Gasteiger partial charge < -0.3 is 10.5 Å². The SMILES string of the molecule is CC1(C)CC(C(C)(N)Cc2ccccc2)C(C)(C)O1. The van der Waals surface area contributed by atoms with Gasteiger partial charge in [-0.1, -0.05) is 30.3 Å². The summed E-state index contributed by atoms with van der Waals surface area (Å²) in [5.41, 5.74) is 7.48. The first-order valence-electron chi connectivity index (χ1n) is 7.15. The Morgan fingerprint density at radius 3 is 2.26 bits per heavy atom. The molecule has 2 unspecified atom stereocenters. The van der Waals surface area contributed by atoms with Gasteiger partial charge in [-0.3, -0.25) is 0 Å². The van der Waals surface area contributed by atoms with Gasteiger partial charge in [-0.15, -0.1) is 0 Å². The van der Waals surface area contributed by atoms with Crippen LogP contribution in [0, 0.1) is 5.92 Å². The molecule has 1 saturated heterocycles. The van der Waals surface area contributed by atoms with Gasteiger partial charge in [0.05, 0.1) is 11.2 Å². The van der Waals surface area contributed by atoms with Gasteiger partial charge in [-0.2, -0.15) is 0 Å². The smallest absolute Gasteiger partial charge is 0.0680 e. The molecule has 0 amide bonds. The number of ether oxygens (including phenoxy) is 1. The molecular formula is C17H27NO. The quantitative estimate of drug-likeness (QED) is 0.903. The largest absolute Gasteiger partial charge is 0.369 e. The van der Waals surface area contributed by atoms with Gasteiger partial charge in [0.2, 0.25) is 0 Å². The van der Waals surface area contributed by atoms with Crippen molar-refractivity contribution in [2.75, 3.05) is 0 Å². The van der Waals surface area contributed by atoms with E-state index < -0.39 is 0 Å². The summed E-state index contributed by atoms with van der Waals surface area (Å²) in [5, 5.41) is 0. The fraction of sp³-hybridized carbons (Fsp3) is 0.647. The van der Waals surface area contributed by atoms with Crippen molar-refractivity contribution in [3.63, 3.8) is 0 Å². The number of rotatable bonds is 3. The number of hydrogen-bond donors (Lipinski definition) is 1. The molecule has 2 rings (SSSR count). The lowest BCUT2D eigenvalue weighted by atomic mass is 9.71. The van der Waals surface area contributed by atoms with E-state index in [-0.39, 0.29) is 16.7 Å². The normalized spacial score (nSPS) is 28.0. The molecule has 19 heavy (non-hydrogen) atoms. The number of hydrogen-bond acceptors (Lipinski definition) is 2. The van der Waals surface area contributed by atoms with Crippen LogP contribution >= 0.6 is 0 Å². The van der Waals surface area contributed by atoms with Crippen molar-refractivity contribution in [1.82, 2.24) is 0 Å². The van der Waals surface area contributed by atoms with E-state index in [2.05, 4.69) is 58.9 Å². The lowest BCUT2D eigenvalue weighted by Gasteiger charge is -2.39. The minimum absolute atomic E-state index is 0.0779. The highest BCUT2D eigenvalue weighted by Gasteiger charge is 2.52. The molecule has 1 aliphatic rings. The van der Waals surface area contributed by atoms with Crippen molar-refractivity contribution in [2.45, 2.75) is 64.2 Å². The summed E-state index contributed by atoms with van der Waals surface area (Å²) >= 11 is 0. The van der Waals surface area contributed by atoms with Crippen molar-refractivity contribution in [3.05, 3.63) is 35.9 Å². The molecule has 0 aromatic heterocycles. The van der Waals surface area contributed by atoms with E-state index in [1.54, 1.807) is 0 Å². The van der Waals surface area contributed by atoms with Crippen LogP contribution < -0.4 is 5.73 Å². The Bertz CT molecular complexity index is 434. The number of nitrogens with two attached hydrogens (primary N) is 1. The molecule has 2 N–H and O–H groups in total. The van der Waals surface area contributed by atoms with Crippen molar-refractivity contribution in [3.8, 4) is 0 Å². The Morgan fingerprint density at radius 1 is 1.21 bits per heavy atom. The predicted octanol–water partition coefficient (Wildman–Crippen LogP) is 3.54. The molecule has 2 nitrogen and oxygen atoms in total. The third-order valence-electron chi connectivity index (χ3n) is 4.30. The summed E-state index contributed by atoms with van der Waals surface area (Å²) in [5.74, 6) is 0.357. The van der Waals surface area contributed by atoms with Crippen LogP contribution in [0.2, 0.25) is 0 Å². The first-order valence-corrected chi connectivity index (χ1v) is 7.15. The summed E-state index contributed by atoms with van der Waals surface area (Å²) in [7, 11) is 0. The predicted molar refractivity (Wildman–Crippen MR) is 80.1 cm³/mol. The third kappa shape index (κ3) is 3.18. The van der Waals surface area contributed by atoms with Crippen LogP contribution in [0.3, 0.4) is 0 Å². The van der Waals surface area contributed by atoms with Crippen molar-refractivity contribution in [1.29, 1.82) is 0 Å². The van der Waals surface area contributed by atoms with E-state index in [0.29, 0.717) is 5.92 Å². The number of benzene rings is 1. The van der Waals surface area contributed by atoms with Crippen LogP contribution in [0.5, 0.6) is 0 Å². The van der Waals surface area contributed by atoms with E-state index in [1.807, 2.05) is 6.07 Å². The highest BCUT2D eigenvalue weighted by Crippen LogP contribution is 2.46. The zero-order valence-electron chi connectivity index (χ0n) is 12.9. The summed E-state index contributed by atoms with van der Waals surface area (Å²) in [6.45, 7) is 10.8. The van der Waals surface area contributed by atoms with Gasteiger partial charge in [0.25, 0.3) is 0 Å². The van der Waals surface area contributed by atoms with Gasteiger partial charge in [0, 0.05) is 11.5 Å². The monoisotopic (exact) mass is 261 g/mol. The molecule has 1 aromatic rings. The Hall–Kier alpha value is -0.860. The van der Waals surface area contributed by atoms with Gasteiger partial charge >= 0.3 is 0 Å². The van der Waals surface area contributed by atoms with E-state index >= 15 is 0 Å². The van der Waals surface area contributed by atoms with Crippen molar-refractivity contribution in [2.24, 2.45) is 11.7 Å². The fourth-order valence-corrected chi connectivity index (χ4v) is 3.75. The summed E-state index contributed by atoms with van der Waals surface area (Å²) in [6, 6.07) is 10.5. The summed E-state index contributed by atoms with van der Waals surface area (Å²) in [4.78, 5) is 0. The van der Waals surface area contributed by atoms with Crippen molar-refractivity contribution >= 4 is 0 Å². The molecule has 2 atom stereocenters. The van der Waals surface area contributed by atoms with Gasteiger partial charge in [0.15, 0.2) is 0 Å². The Morgan fingerprint density at radius 2 is 1.79 bits per heavy atom. The van der Waals surface area contributed by atoms with Crippen LogP contribution in [-0.4, -0.2) is 16.7 Å². The molecule has 1 aliphatic heterocycles. The van der Waals surface area contributed by atoms with Gasteiger partial charge in [-0.05, 0) is 53.0 Å². The Kier molecular flexibility index (Phi) is 3.53. The average Bonchev–Trinajstić information content (AvgIpc) is 2.48. The minimum Gasteiger partial charge on any atom is -0.369 e. The van der Waals surface area contributed by atoms with E-state index in [4.69, 9.17) is 10.5 Å². The second kappa shape index (κ2) is 4.60. The second-order valence-corrected chi connectivity index (χ2v) is 7.39. The molecule has 1 heterocycles. The maximum absolute atomic E-state index is 6.67. The zero-order valence-corrected chi connectivity index (χ0v) is 12.9. The van der Waals surface area contributed by atoms with Gasteiger partial charge in [0.1, 0.15) is 0 Å². The maximum Gasteiger partial charge on any atom is 0.0680 e. The first kappa shape index (κ1) is 14.5. The van der Waals surface area contributed by atoms with Crippen LogP contribution in [0.4, 0.5) is 0 Å². The van der Waals surface area contributed by atoms with E-state index in [1.165, 1.54) is 5.56 Å². The molecule has 0 aliphatic carbocycles. The lowest BCUT2D eigenvalue weighted by molar-refractivity contribution is -0.0809. The summed E-state index contributed by atoms with van der Waals surface area (Å²) in [6.07, 6.45) is 1.90.